The van der Waals surface area contributed by atoms with E-state index in [-0.39, 0.29) is 0 Å². The van der Waals surface area contributed by atoms with Crippen molar-refractivity contribution < 1.29 is 13.2 Å². The molecule has 0 unspecified atom stereocenters. The molecule has 0 bridgehead atoms. The molecule has 0 fully saturated rings. The lowest BCUT2D eigenvalue weighted by Crippen LogP contribution is -2.04. The second-order valence-corrected chi connectivity index (χ2v) is 3.16. The maximum Gasteiger partial charge on any atom is 0.416 e. The first-order valence-corrected chi connectivity index (χ1v) is 3.89. The SMILES string of the molecule is [CH2]c1ccc(C(F)(F)F)cc1Br. The molecule has 1 rings (SSSR count). The van der Waals surface area contributed by atoms with E-state index in [0.29, 0.717) is 10.0 Å². The Labute approximate surface area is 76.5 Å². The molecule has 0 saturated carbocycles. The van der Waals surface area contributed by atoms with Crippen molar-refractivity contribution in [2.45, 2.75) is 6.18 Å². The summed E-state index contributed by atoms with van der Waals surface area (Å²) in [6.45, 7) is 3.53. The van der Waals surface area contributed by atoms with E-state index in [9.17, 15) is 13.2 Å². The average Bonchev–Trinajstić information content (AvgIpc) is 1.92. The minimum atomic E-state index is -4.28. The molecular weight excluding hydrogens is 233 g/mol. The van der Waals surface area contributed by atoms with Crippen LogP contribution in [0.4, 0.5) is 13.2 Å². The van der Waals surface area contributed by atoms with E-state index in [1.54, 1.807) is 0 Å². The van der Waals surface area contributed by atoms with E-state index in [4.69, 9.17) is 0 Å². The van der Waals surface area contributed by atoms with Crippen molar-refractivity contribution in [1.82, 2.24) is 0 Å². The maximum atomic E-state index is 12.1. The molecule has 0 aromatic heterocycles. The molecule has 0 heterocycles. The molecule has 1 radical (unpaired) electrons. The van der Waals surface area contributed by atoms with E-state index >= 15 is 0 Å². The van der Waals surface area contributed by atoms with Crippen LogP contribution in [0.2, 0.25) is 0 Å². The largest absolute Gasteiger partial charge is 0.416 e. The van der Waals surface area contributed by atoms with Gasteiger partial charge in [-0.15, -0.1) is 0 Å². The number of alkyl halides is 3. The van der Waals surface area contributed by atoms with Crippen molar-refractivity contribution >= 4 is 15.9 Å². The number of rotatable bonds is 0. The van der Waals surface area contributed by atoms with Crippen molar-refractivity contribution in [1.29, 1.82) is 0 Å². The Bertz CT molecular complexity index is 291. The lowest BCUT2D eigenvalue weighted by atomic mass is 10.1. The highest BCUT2D eigenvalue weighted by Crippen LogP contribution is 2.31. The Morgan fingerprint density at radius 3 is 2.25 bits per heavy atom. The molecule has 0 amide bonds. The molecule has 1 aromatic rings. The third-order valence-corrected chi connectivity index (χ3v) is 2.12. The summed E-state index contributed by atoms with van der Waals surface area (Å²) in [7, 11) is 0. The van der Waals surface area contributed by atoms with Gasteiger partial charge in [-0.05, 0) is 24.6 Å². The predicted molar refractivity (Wildman–Crippen MR) is 43.6 cm³/mol. The van der Waals surface area contributed by atoms with Gasteiger partial charge < -0.3 is 0 Å². The van der Waals surface area contributed by atoms with Gasteiger partial charge in [0.15, 0.2) is 0 Å². The van der Waals surface area contributed by atoms with E-state index < -0.39 is 11.7 Å². The van der Waals surface area contributed by atoms with E-state index in [0.717, 1.165) is 12.1 Å². The zero-order chi connectivity index (χ0) is 9.35. The maximum absolute atomic E-state index is 12.1. The number of hydrogen-bond acceptors (Lipinski definition) is 0. The lowest BCUT2D eigenvalue weighted by Gasteiger charge is -2.07. The van der Waals surface area contributed by atoms with Gasteiger partial charge in [-0.2, -0.15) is 13.2 Å². The molecule has 65 valence electrons. The molecule has 0 aliphatic carbocycles. The lowest BCUT2D eigenvalue weighted by molar-refractivity contribution is -0.137. The zero-order valence-electron chi connectivity index (χ0n) is 5.95. The summed E-state index contributed by atoms with van der Waals surface area (Å²) >= 11 is 2.98. The Hall–Kier alpha value is -0.510. The molecule has 0 spiro atoms. The topological polar surface area (TPSA) is 0 Å². The smallest absolute Gasteiger partial charge is 0.166 e. The van der Waals surface area contributed by atoms with E-state index in [1.807, 2.05) is 0 Å². The van der Waals surface area contributed by atoms with Crippen LogP contribution in [0.3, 0.4) is 0 Å². The summed E-state index contributed by atoms with van der Waals surface area (Å²) in [4.78, 5) is 0. The van der Waals surface area contributed by atoms with E-state index in [2.05, 4.69) is 22.9 Å². The number of halogens is 4. The molecule has 12 heavy (non-hydrogen) atoms. The molecule has 0 saturated heterocycles. The Kier molecular flexibility index (Phi) is 2.46. The Morgan fingerprint density at radius 2 is 1.83 bits per heavy atom. The van der Waals surface area contributed by atoms with Crippen LogP contribution in [0.1, 0.15) is 11.1 Å². The van der Waals surface area contributed by atoms with Gasteiger partial charge in [-0.1, -0.05) is 22.0 Å². The van der Waals surface area contributed by atoms with Gasteiger partial charge in [0.25, 0.3) is 0 Å². The molecular formula is C8H5BrF3. The van der Waals surface area contributed by atoms with Crippen LogP contribution < -0.4 is 0 Å². The summed E-state index contributed by atoms with van der Waals surface area (Å²) in [6.07, 6.45) is -4.28. The van der Waals surface area contributed by atoms with E-state index in [1.165, 1.54) is 6.07 Å². The highest BCUT2D eigenvalue weighted by Gasteiger charge is 2.30. The third kappa shape index (κ3) is 2.00. The second kappa shape index (κ2) is 3.09. The van der Waals surface area contributed by atoms with Gasteiger partial charge in [0.2, 0.25) is 0 Å². The van der Waals surface area contributed by atoms with Crippen molar-refractivity contribution in [3.05, 3.63) is 40.7 Å². The fourth-order valence-corrected chi connectivity index (χ4v) is 1.10. The van der Waals surface area contributed by atoms with Crippen molar-refractivity contribution in [3.8, 4) is 0 Å². The Balaban J connectivity index is 3.14. The molecule has 0 aliphatic heterocycles. The van der Waals surface area contributed by atoms with Gasteiger partial charge in [0.1, 0.15) is 0 Å². The normalized spacial score (nSPS) is 11.8. The fourth-order valence-electron chi connectivity index (χ4n) is 0.724. The number of benzene rings is 1. The molecule has 0 N–H and O–H groups in total. The van der Waals surface area contributed by atoms with Gasteiger partial charge >= 0.3 is 6.18 Å². The molecule has 0 nitrogen and oxygen atoms in total. The van der Waals surface area contributed by atoms with Crippen LogP contribution in [0, 0.1) is 6.92 Å². The average molecular weight is 238 g/mol. The van der Waals surface area contributed by atoms with Crippen LogP contribution >= 0.6 is 15.9 Å². The predicted octanol–water partition coefficient (Wildman–Crippen LogP) is 3.65. The fraction of sp³-hybridized carbons (Fsp3) is 0.125. The van der Waals surface area contributed by atoms with Gasteiger partial charge in [-0.25, -0.2) is 0 Å². The third-order valence-electron chi connectivity index (χ3n) is 1.38. The highest BCUT2D eigenvalue weighted by molar-refractivity contribution is 9.10. The van der Waals surface area contributed by atoms with Crippen molar-refractivity contribution in [2.24, 2.45) is 0 Å². The summed E-state index contributed by atoms with van der Waals surface area (Å²) in [6, 6.07) is 3.35. The second-order valence-electron chi connectivity index (χ2n) is 2.30. The Morgan fingerprint density at radius 1 is 1.25 bits per heavy atom. The van der Waals surface area contributed by atoms with Crippen LogP contribution in [-0.2, 0) is 6.18 Å². The van der Waals surface area contributed by atoms with Crippen LogP contribution in [0.25, 0.3) is 0 Å². The van der Waals surface area contributed by atoms with Crippen LogP contribution in [0.5, 0.6) is 0 Å². The van der Waals surface area contributed by atoms with Gasteiger partial charge in [0, 0.05) is 4.47 Å². The number of hydrogen-bond donors (Lipinski definition) is 0. The highest BCUT2D eigenvalue weighted by atomic mass is 79.9. The first kappa shape index (κ1) is 9.58. The minimum Gasteiger partial charge on any atom is -0.166 e. The molecule has 0 aliphatic rings. The zero-order valence-corrected chi connectivity index (χ0v) is 7.54. The minimum absolute atomic E-state index is 0.373. The van der Waals surface area contributed by atoms with Crippen LogP contribution in [-0.4, -0.2) is 0 Å². The molecule has 1 aromatic carbocycles. The molecule has 0 atom stereocenters. The van der Waals surface area contributed by atoms with Gasteiger partial charge in [0.05, 0.1) is 5.56 Å². The van der Waals surface area contributed by atoms with Gasteiger partial charge in [-0.3, -0.25) is 0 Å². The first-order valence-electron chi connectivity index (χ1n) is 3.10. The standard InChI is InChI=1S/C8H5BrF3/c1-5-2-3-6(4-7(5)9)8(10,11)12/h2-4H,1H2. The summed E-state index contributed by atoms with van der Waals surface area (Å²) in [5.74, 6) is 0. The van der Waals surface area contributed by atoms with Crippen LogP contribution in [0.15, 0.2) is 22.7 Å². The van der Waals surface area contributed by atoms with Crippen molar-refractivity contribution in [3.63, 3.8) is 0 Å². The summed E-state index contributed by atoms with van der Waals surface area (Å²) in [5, 5.41) is 0. The quantitative estimate of drug-likeness (QED) is 0.647. The summed E-state index contributed by atoms with van der Waals surface area (Å²) in [5.41, 5.74) is -0.121. The van der Waals surface area contributed by atoms with Crippen molar-refractivity contribution in [2.75, 3.05) is 0 Å². The summed E-state index contributed by atoms with van der Waals surface area (Å²) < 4.78 is 36.5. The molecule has 4 heteroatoms. The first-order chi connectivity index (χ1) is 5.41. The monoisotopic (exact) mass is 237 g/mol.